The molecule has 1 aliphatic rings. The lowest BCUT2D eigenvalue weighted by atomic mass is 10.2. The van der Waals surface area contributed by atoms with Crippen LogP contribution >= 0.6 is 11.8 Å². The Hall–Kier alpha value is -3.21. The summed E-state index contributed by atoms with van der Waals surface area (Å²) in [6.45, 7) is 1.78. The van der Waals surface area contributed by atoms with Crippen molar-refractivity contribution in [2.75, 3.05) is 19.7 Å². The largest absolute Gasteiger partial charge is 0.494 e. The standard InChI is InChI=1S/C17H19N3O7S/c1-2-27-12-5-3-10(4-6-12)7-13-14(21)20(17(26)28-13)11(8-18-15(22)23)9-19-16(24)25/h3-7,11,18-19H,2,8-9H2,1H3,(H,22,23)(H,24,25)/b13-7-. The molecular formula is C17H19N3O7S. The zero-order chi connectivity index (χ0) is 20.7. The molecule has 0 saturated carbocycles. The molecule has 0 bridgehead atoms. The van der Waals surface area contributed by atoms with Crippen LogP contribution in [0.15, 0.2) is 29.2 Å². The third-order valence-corrected chi connectivity index (χ3v) is 4.54. The van der Waals surface area contributed by atoms with Crippen LogP contribution in [0.3, 0.4) is 0 Å². The second kappa shape index (κ2) is 9.65. The Morgan fingerprint density at radius 2 is 1.71 bits per heavy atom. The third kappa shape index (κ3) is 5.64. The number of hydrogen-bond donors (Lipinski definition) is 4. The van der Waals surface area contributed by atoms with E-state index in [0.717, 1.165) is 4.90 Å². The van der Waals surface area contributed by atoms with Crippen molar-refractivity contribution in [1.29, 1.82) is 0 Å². The number of rotatable bonds is 8. The topological polar surface area (TPSA) is 145 Å². The van der Waals surface area contributed by atoms with Crippen molar-refractivity contribution in [3.8, 4) is 5.75 Å². The Bertz CT molecular complexity index is 776. The predicted octanol–water partition coefficient (Wildman–Crippen LogP) is 2.03. The van der Waals surface area contributed by atoms with E-state index in [2.05, 4.69) is 10.6 Å². The Kier molecular flexibility index (Phi) is 7.27. The number of nitrogens with zero attached hydrogens (tertiary/aromatic N) is 1. The van der Waals surface area contributed by atoms with E-state index in [1.54, 1.807) is 24.3 Å². The smallest absolute Gasteiger partial charge is 0.404 e. The lowest BCUT2D eigenvalue weighted by Crippen LogP contribution is -2.51. The normalized spacial score (nSPS) is 15.2. The molecule has 4 amide bonds. The third-order valence-electron chi connectivity index (χ3n) is 3.66. The maximum atomic E-state index is 12.7. The molecule has 28 heavy (non-hydrogen) atoms. The Balaban J connectivity index is 2.18. The number of amides is 4. The number of carbonyl (C=O) groups is 4. The fourth-order valence-electron chi connectivity index (χ4n) is 2.44. The molecule has 0 aromatic heterocycles. The summed E-state index contributed by atoms with van der Waals surface area (Å²) in [7, 11) is 0. The van der Waals surface area contributed by atoms with Crippen LogP contribution in [0.4, 0.5) is 14.4 Å². The molecule has 1 heterocycles. The van der Waals surface area contributed by atoms with Crippen molar-refractivity contribution >= 4 is 41.2 Å². The molecule has 1 aromatic carbocycles. The van der Waals surface area contributed by atoms with E-state index >= 15 is 0 Å². The Labute approximate surface area is 164 Å². The molecule has 0 aliphatic carbocycles. The summed E-state index contributed by atoms with van der Waals surface area (Å²) in [5, 5.41) is 21.0. The number of imide groups is 1. The highest BCUT2D eigenvalue weighted by Gasteiger charge is 2.40. The summed E-state index contributed by atoms with van der Waals surface area (Å²) in [6, 6.07) is 5.93. The molecule has 1 fully saturated rings. The van der Waals surface area contributed by atoms with Crippen LogP contribution in [0.5, 0.6) is 5.75 Å². The molecule has 1 saturated heterocycles. The number of benzene rings is 1. The van der Waals surface area contributed by atoms with Gasteiger partial charge < -0.3 is 25.6 Å². The van der Waals surface area contributed by atoms with Crippen LogP contribution in [0, 0.1) is 0 Å². The van der Waals surface area contributed by atoms with E-state index < -0.39 is 29.4 Å². The van der Waals surface area contributed by atoms with Crippen molar-refractivity contribution in [3.63, 3.8) is 0 Å². The van der Waals surface area contributed by atoms with Gasteiger partial charge in [-0.15, -0.1) is 0 Å². The highest BCUT2D eigenvalue weighted by atomic mass is 32.2. The molecule has 1 aliphatic heterocycles. The van der Waals surface area contributed by atoms with Gasteiger partial charge in [-0.05, 0) is 42.5 Å². The van der Waals surface area contributed by atoms with Crippen LogP contribution in [0.1, 0.15) is 12.5 Å². The van der Waals surface area contributed by atoms with Crippen LogP contribution in [0.25, 0.3) is 6.08 Å². The van der Waals surface area contributed by atoms with E-state index in [1.165, 1.54) is 6.08 Å². The van der Waals surface area contributed by atoms with Crippen molar-refractivity contribution in [1.82, 2.24) is 15.5 Å². The van der Waals surface area contributed by atoms with Crippen molar-refractivity contribution in [2.24, 2.45) is 0 Å². The van der Waals surface area contributed by atoms with Crippen LogP contribution < -0.4 is 15.4 Å². The number of nitrogens with one attached hydrogen (secondary N) is 2. The quantitative estimate of drug-likeness (QED) is 0.477. The van der Waals surface area contributed by atoms with Gasteiger partial charge in [0, 0.05) is 13.1 Å². The molecule has 2 rings (SSSR count). The summed E-state index contributed by atoms with van der Waals surface area (Å²) < 4.78 is 5.34. The Morgan fingerprint density at radius 3 is 2.21 bits per heavy atom. The molecule has 150 valence electrons. The number of thioether (sulfide) groups is 1. The number of carbonyl (C=O) groups excluding carboxylic acids is 2. The van der Waals surface area contributed by atoms with Gasteiger partial charge in [0.15, 0.2) is 0 Å². The van der Waals surface area contributed by atoms with Gasteiger partial charge in [-0.1, -0.05) is 12.1 Å². The first-order chi connectivity index (χ1) is 13.3. The zero-order valence-corrected chi connectivity index (χ0v) is 15.7. The SMILES string of the molecule is CCOc1ccc(/C=C2\SC(=O)N(C(CNC(=O)O)CNC(=O)O)C2=O)cc1. The molecule has 11 heteroatoms. The van der Waals surface area contributed by atoms with Crippen LogP contribution in [-0.2, 0) is 4.79 Å². The lowest BCUT2D eigenvalue weighted by molar-refractivity contribution is -0.124. The minimum Gasteiger partial charge on any atom is -0.494 e. The predicted molar refractivity (Wildman–Crippen MR) is 101 cm³/mol. The summed E-state index contributed by atoms with van der Waals surface area (Å²) in [5.41, 5.74) is 0.679. The average molecular weight is 409 g/mol. The molecule has 0 atom stereocenters. The second-order valence-corrected chi connectivity index (χ2v) is 6.57. The summed E-state index contributed by atoms with van der Waals surface area (Å²) in [5.74, 6) is 0.0561. The number of carboxylic acid groups (broad SMARTS) is 2. The van der Waals surface area contributed by atoms with Crippen LogP contribution in [0.2, 0.25) is 0 Å². The first-order valence-electron chi connectivity index (χ1n) is 8.25. The van der Waals surface area contributed by atoms with Gasteiger partial charge >= 0.3 is 12.2 Å². The number of ether oxygens (including phenoxy) is 1. The minimum atomic E-state index is -1.35. The fraction of sp³-hybridized carbons (Fsp3) is 0.294. The van der Waals surface area contributed by atoms with Crippen molar-refractivity contribution in [3.05, 3.63) is 34.7 Å². The first kappa shape index (κ1) is 21.1. The maximum absolute atomic E-state index is 12.7. The summed E-state index contributed by atoms with van der Waals surface area (Å²) >= 11 is 0.705. The first-order valence-corrected chi connectivity index (χ1v) is 9.07. The molecule has 0 radical (unpaired) electrons. The van der Waals surface area contributed by atoms with E-state index in [1.807, 2.05) is 6.92 Å². The zero-order valence-electron chi connectivity index (χ0n) is 14.9. The summed E-state index contributed by atoms with van der Waals surface area (Å²) in [4.78, 5) is 47.5. The minimum absolute atomic E-state index is 0.157. The van der Waals surface area contributed by atoms with Crippen molar-refractivity contribution < 1.29 is 34.1 Å². The Morgan fingerprint density at radius 1 is 1.14 bits per heavy atom. The van der Waals surface area contributed by atoms with Gasteiger partial charge in [-0.3, -0.25) is 14.5 Å². The average Bonchev–Trinajstić information content (AvgIpc) is 2.90. The lowest BCUT2D eigenvalue weighted by Gasteiger charge is -2.24. The molecule has 10 nitrogen and oxygen atoms in total. The van der Waals surface area contributed by atoms with Gasteiger partial charge in [0.2, 0.25) is 0 Å². The van der Waals surface area contributed by atoms with E-state index in [9.17, 15) is 19.2 Å². The van der Waals surface area contributed by atoms with Crippen LogP contribution in [-0.4, -0.2) is 64.2 Å². The molecule has 0 unspecified atom stereocenters. The molecule has 4 N–H and O–H groups in total. The van der Waals surface area contributed by atoms with Gasteiger partial charge in [0.25, 0.3) is 11.1 Å². The summed E-state index contributed by atoms with van der Waals surface area (Å²) in [6.07, 6.45) is -1.16. The fourth-order valence-corrected chi connectivity index (χ4v) is 3.34. The van der Waals surface area contributed by atoms with Gasteiger partial charge in [-0.25, -0.2) is 9.59 Å². The van der Waals surface area contributed by atoms with Gasteiger partial charge in [0.1, 0.15) is 5.75 Å². The van der Waals surface area contributed by atoms with Gasteiger partial charge in [0.05, 0.1) is 17.6 Å². The van der Waals surface area contributed by atoms with E-state index in [0.29, 0.717) is 29.7 Å². The highest BCUT2D eigenvalue weighted by Crippen LogP contribution is 2.33. The molecular weight excluding hydrogens is 390 g/mol. The van der Waals surface area contributed by atoms with E-state index in [4.69, 9.17) is 14.9 Å². The molecule has 0 spiro atoms. The number of hydrogen-bond acceptors (Lipinski definition) is 6. The van der Waals surface area contributed by atoms with Crippen molar-refractivity contribution in [2.45, 2.75) is 13.0 Å². The second-order valence-electron chi connectivity index (χ2n) is 5.58. The monoisotopic (exact) mass is 409 g/mol. The van der Waals surface area contributed by atoms with E-state index in [-0.39, 0.29) is 18.0 Å². The highest BCUT2D eigenvalue weighted by molar-refractivity contribution is 8.18. The molecule has 1 aromatic rings. The van der Waals surface area contributed by atoms with Gasteiger partial charge in [-0.2, -0.15) is 0 Å². The maximum Gasteiger partial charge on any atom is 0.404 e.